The van der Waals surface area contributed by atoms with Crippen LogP contribution in [0.5, 0.6) is 0 Å². The van der Waals surface area contributed by atoms with E-state index in [1.165, 1.54) is 5.57 Å². The predicted octanol–water partition coefficient (Wildman–Crippen LogP) is 0.479. The van der Waals surface area contributed by atoms with Crippen LogP contribution in [0.15, 0.2) is 23.8 Å². The highest BCUT2D eigenvalue weighted by atomic mass is 16.4. The van der Waals surface area contributed by atoms with Gasteiger partial charge in [0.05, 0.1) is 5.92 Å². The van der Waals surface area contributed by atoms with Crippen LogP contribution in [-0.4, -0.2) is 48.7 Å². The van der Waals surface area contributed by atoms with Crippen LogP contribution >= 0.6 is 0 Å². The van der Waals surface area contributed by atoms with E-state index >= 15 is 0 Å². The Morgan fingerprint density at radius 3 is 2.81 bits per heavy atom. The van der Waals surface area contributed by atoms with Gasteiger partial charge in [-0.2, -0.15) is 0 Å². The van der Waals surface area contributed by atoms with Crippen molar-refractivity contribution in [1.29, 1.82) is 0 Å². The summed E-state index contributed by atoms with van der Waals surface area (Å²) in [4.78, 5) is 13.1. The number of carboxylic acids is 1. The lowest BCUT2D eigenvalue weighted by molar-refractivity contribution is -0.139. The minimum Gasteiger partial charge on any atom is -0.481 e. The minimum absolute atomic E-state index is 0.327. The summed E-state index contributed by atoms with van der Waals surface area (Å²) >= 11 is 0. The molecule has 0 aromatic heterocycles. The molecule has 1 aliphatic heterocycles. The first-order chi connectivity index (χ1) is 7.75. The van der Waals surface area contributed by atoms with Crippen LogP contribution in [0.1, 0.15) is 6.42 Å². The van der Waals surface area contributed by atoms with E-state index in [1.807, 2.05) is 6.08 Å². The molecule has 0 amide bonds. The largest absolute Gasteiger partial charge is 0.481 e. The van der Waals surface area contributed by atoms with Crippen LogP contribution in [0.25, 0.3) is 0 Å². The molecule has 0 aromatic rings. The molecule has 1 heterocycles. The molecule has 2 N–H and O–H groups in total. The first-order valence-electron chi connectivity index (χ1n) is 5.79. The number of piperazine rings is 1. The second-order valence-corrected chi connectivity index (χ2v) is 4.34. The van der Waals surface area contributed by atoms with Gasteiger partial charge in [-0.15, -0.1) is 0 Å². The predicted molar refractivity (Wildman–Crippen MR) is 62.3 cm³/mol. The van der Waals surface area contributed by atoms with E-state index in [9.17, 15) is 4.79 Å². The number of rotatable bonds is 3. The van der Waals surface area contributed by atoms with Crippen LogP contribution in [0.3, 0.4) is 0 Å². The summed E-state index contributed by atoms with van der Waals surface area (Å²) in [5, 5.41) is 12.2. The molecule has 4 nitrogen and oxygen atoms in total. The molecule has 1 atom stereocenters. The van der Waals surface area contributed by atoms with Crippen molar-refractivity contribution < 1.29 is 9.90 Å². The SMILES string of the molecule is O=C(O)C1C=CC(CN2CCNCC2)=CC1. The molecule has 16 heavy (non-hydrogen) atoms. The zero-order valence-corrected chi connectivity index (χ0v) is 9.35. The number of hydrogen-bond donors (Lipinski definition) is 2. The molecule has 0 spiro atoms. The molecular weight excluding hydrogens is 204 g/mol. The van der Waals surface area contributed by atoms with Crippen molar-refractivity contribution in [2.45, 2.75) is 6.42 Å². The molecule has 4 heteroatoms. The van der Waals surface area contributed by atoms with Gasteiger partial charge in [0.1, 0.15) is 0 Å². The Balaban J connectivity index is 1.83. The third kappa shape index (κ3) is 2.93. The summed E-state index contributed by atoms with van der Waals surface area (Å²) in [6.45, 7) is 5.20. The first kappa shape index (κ1) is 11.4. The zero-order valence-electron chi connectivity index (χ0n) is 9.35. The Labute approximate surface area is 95.6 Å². The number of allylic oxidation sites excluding steroid dienone is 1. The summed E-state index contributed by atoms with van der Waals surface area (Å²) in [5.41, 5.74) is 1.25. The smallest absolute Gasteiger partial charge is 0.310 e. The maximum absolute atomic E-state index is 10.8. The van der Waals surface area contributed by atoms with E-state index in [1.54, 1.807) is 6.08 Å². The molecule has 0 bridgehead atoms. The second-order valence-electron chi connectivity index (χ2n) is 4.34. The fourth-order valence-electron chi connectivity index (χ4n) is 2.09. The van der Waals surface area contributed by atoms with Crippen molar-refractivity contribution in [3.63, 3.8) is 0 Å². The van der Waals surface area contributed by atoms with Gasteiger partial charge in [-0.25, -0.2) is 0 Å². The molecule has 0 radical (unpaired) electrons. The maximum atomic E-state index is 10.8. The average molecular weight is 222 g/mol. The van der Waals surface area contributed by atoms with Gasteiger partial charge in [-0.3, -0.25) is 9.69 Å². The van der Waals surface area contributed by atoms with E-state index in [-0.39, 0.29) is 5.92 Å². The molecular formula is C12H18N2O2. The zero-order chi connectivity index (χ0) is 11.4. The molecule has 1 fully saturated rings. The molecule has 1 unspecified atom stereocenters. The summed E-state index contributed by atoms with van der Waals surface area (Å²) in [5.74, 6) is -1.06. The Bertz CT molecular complexity index is 317. The molecule has 2 rings (SSSR count). The van der Waals surface area contributed by atoms with Crippen LogP contribution in [-0.2, 0) is 4.79 Å². The molecule has 0 aromatic carbocycles. The summed E-state index contributed by atoms with van der Waals surface area (Å²) in [6.07, 6.45) is 6.46. The molecule has 1 saturated heterocycles. The number of carboxylic acid groups (broad SMARTS) is 1. The van der Waals surface area contributed by atoms with Crippen molar-refractivity contribution in [2.75, 3.05) is 32.7 Å². The second kappa shape index (κ2) is 5.27. The van der Waals surface area contributed by atoms with Gasteiger partial charge in [0.25, 0.3) is 0 Å². The highest BCUT2D eigenvalue weighted by Crippen LogP contribution is 2.17. The van der Waals surface area contributed by atoms with Crippen molar-refractivity contribution in [3.05, 3.63) is 23.8 Å². The lowest BCUT2D eigenvalue weighted by Crippen LogP contribution is -2.44. The fourth-order valence-corrected chi connectivity index (χ4v) is 2.09. The monoisotopic (exact) mass is 222 g/mol. The molecule has 0 saturated carbocycles. The van der Waals surface area contributed by atoms with Gasteiger partial charge < -0.3 is 10.4 Å². The standard InChI is InChI=1S/C12H18N2O2/c15-12(16)11-3-1-10(2-4-11)9-14-7-5-13-6-8-14/h1-3,11,13H,4-9H2,(H,15,16). The number of hydrogen-bond acceptors (Lipinski definition) is 3. The Hall–Kier alpha value is -1.13. The average Bonchev–Trinajstić information content (AvgIpc) is 2.31. The van der Waals surface area contributed by atoms with E-state index in [4.69, 9.17) is 5.11 Å². The Morgan fingerprint density at radius 2 is 2.25 bits per heavy atom. The van der Waals surface area contributed by atoms with Crippen LogP contribution in [0, 0.1) is 5.92 Å². The summed E-state index contributed by atoms with van der Waals surface area (Å²) in [6, 6.07) is 0. The van der Waals surface area contributed by atoms with Gasteiger partial charge in [-0.1, -0.05) is 18.2 Å². The maximum Gasteiger partial charge on any atom is 0.310 e. The van der Waals surface area contributed by atoms with Crippen LogP contribution in [0.2, 0.25) is 0 Å². The summed E-state index contributed by atoms with van der Waals surface area (Å²) < 4.78 is 0. The third-order valence-corrected chi connectivity index (χ3v) is 3.11. The first-order valence-corrected chi connectivity index (χ1v) is 5.79. The van der Waals surface area contributed by atoms with Crippen LogP contribution in [0.4, 0.5) is 0 Å². The lowest BCUT2D eigenvalue weighted by Gasteiger charge is -2.28. The molecule has 2 aliphatic rings. The number of nitrogens with one attached hydrogen (secondary N) is 1. The van der Waals surface area contributed by atoms with Gasteiger partial charge in [0, 0.05) is 32.7 Å². The van der Waals surface area contributed by atoms with E-state index < -0.39 is 5.97 Å². The number of nitrogens with zero attached hydrogens (tertiary/aromatic N) is 1. The highest BCUT2D eigenvalue weighted by molar-refractivity contribution is 5.73. The number of carbonyl (C=O) groups is 1. The van der Waals surface area contributed by atoms with E-state index in [0.717, 1.165) is 32.7 Å². The quantitative estimate of drug-likeness (QED) is 0.729. The fraction of sp³-hybridized carbons (Fsp3) is 0.583. The van der Waals surface area contributed by atoms with Gasteiger partial charge in [0.15, 0.2) is 0 Å². The summed E-state index contributed by atoms with van der Waals surface area (Å²) in [7, 11) is 0. The minimum atomic E-state index is -0.728. The van der Waals surface area contributed by atoms with Crippen molar-refractivity contribution in [3.8, 4) is 0 Å². The van der Waals surface area contributed by atoms with E-state index in [0.29, 0.717) is 6.42 Å². The Morgan fingerprint density at radius 1 is 1.50 bits per heavy atom. The van der Waals surface area contributed by atoms with Gasteiger partial charge >= 0.3 is 5.97 Å². The van der Waals surface area contributed by atoms with E-state index in [2.05, 4.69) is 16.3 Å². The van der Waals surface area contributed by atoms with Crippen molar-refractivity contribution in [2.24, 2.45) is 5.92 Å². The topological polar surface area (TPSA) is 52.6 Å². The van der Waals surface area contributed by atoms with Crippen LogP contribution < -0.4 is 5.32 Å². The third-order valence-electron chi connectivity index (χ3n) is 3.11. The molecule has 1 aliphatic carbocycles. The molecule has 88 valence electrons. The highest BCUT2D eigenvalue weighted by Gasteiger charge is 2.17. The lowest BCUT2D eigenvalue weighted by atomic mass is 9.96. The van der Waals surface area contributed by atoms with Gasteiger partial charge in [-0.05, 0) is 12.0 Å². The van der Waals surface area contributed by atoms with Crippen molar-refractivity contribution in [1.82, 2.24) is 10.2 Å². The Kier molecular flexibility index (Phi) is 3.74. The van der Waals surface area contributed by atoms with Gasteiger partial charge in [0.2, 0.25) is 0 Å². The normalized spacial score (nSPS) is 26.5. The van der Waals surface area contributed by atoms with Crippen molar-refractivity contribution >= 4 is 5.97 Å². The number of aliphatic carboxylic acids is 1.